The number of anilines is 1. The molecule has 0 spiro atoms. The summed E-state index contributed by atoms with van der Waals surface area (Å²) in [6.07, 6.45) is 7.38. The zero-order valence-electron chi connectivity index (χ0n) is 16.9. The van der Waals surface area contributed by atoms with Crippen molar-refractivity contribution in [1.82, 2.24) is 0 Å². The molecule has 2 aromatic rings. The topological polar surface area (TPSA) is 96.6 Å². The Morgan fingerprint density at radius 1 is 1.17 bits per heavy atom. The van der Waals surface area contributed by atoms with Crippen molar-refractivity contribution in [2.75, 3.05) is 4.72 Å². The average Bonchev–Trinajstić information content (AvgIpc) is 3.51. The van der Waals surface area contributed by atoms with Gasteiger partial charge in [0.1, 0.15) is 11.5 Å². The maximum atomic E-state index is 13.0. The van der Waals surface area contributed by atoms with Gasteiger partial charge in [0.05, 0.1) is 5.56 Å². The lowest BCUT2D eigenvalue weighted by Crippen LogP contribution is -2.19. The summed E-state index contributed by atoms with van der Waals surface area (Å²) in [7, 11) is -3.64. The van der Waals surface area contributed by atoms with Gasteiger partial charge in [0.2, 0.25) is 0 Å². The summed E-state index contributed by atoms with van der Waals surface area (Å²) in [5, 5.41) is 12.0. The molecular formula is C23H27NO5S. The third kappa shape index (κ3) is 4.31. The molecular weight excluding hydrogens is 402 g/mol. The van der Waals surface area contributed by atoms with Gasteiger partial charge in [-0.25, -0.2) is 13.2 Å². The minimum Gasteiger partial charge on any atom is -0.507 e. The van der Waals surface area contributed by atoms with Gasteiger partial charge in [-0.1, -0.05) is 31.6 Å². The molecule has 0 radical (unpaired) electrons. The molecule has 30 heavy (non-hydrogen) atoms. The number of hydrogen-bond acceptors (Lipinski definition) is 5. The predicted molar refractivity (Wildman–Crippen MR) is 116 cm³/mol. The van der Waals surface area contributed by atoms with Crippen molar-refractivity contribution < 1.29 is 17.9 Å². The number of benzene rings is 1. The van der Waals surface area contributed by atoms with Crippen molar-refractivity contribution in [1.29, 1.82) is 0 Å². The molecule has 0 bridgehead atoms. The SMILES string of the molecule is C=CS(=O)(=O)Nc1cccc(C(c2c(O)c3c(oc2=O)CCCCCC3)C2CC2)c1. The molecule has 2 aliphatic carbocycles. The van der Waals surface area contributed by atoms with E-state index < -0.39 is 15.6 Å². The highest BCUT2D eigenvalue weighted by molar-refractivity contribution is 7.95. The number of sulfonamides is 1. The van der Waals surface area contributed by atoms with Gasteiger partial charge in [-0.3, -0.25) is 4.72 Å². The van der Waals surface area contributed by atoms with Gasteiger partial charge in [-0.05, 0) is 55.7 Å². The zero-order valence-corrected chi connectivity index (χ0v) is 17.7. The van der Waals surface area contributed by atoms with Crippen LogP contribution in [-0.2, 0) is 22.9 Å². The van der Waals surface area contributed by atoms with E-state index in [0.29, 0.717) is 29.9 Å². The highest BCUT2D eigenvalue weighted by Gasteiger charge is 2.38. The number of aromatic hydroxyl groups is 1. The smallest absolute Gasteiger partial charge is 0.343 e. The quantitative estimate of drug-likeness (QED) is 0.708. The zero-order chi connectivity index (χ0) is 21.3. The van der Waals surface area contributed by atoms with Crippen LogP contribution in [0.15, 0.2) is 45.5 Å². The standard InChI is InChI=1S/C23H27NO5S/c1-2-30(27,28)24-17-9-7-8-16(14-17)20(15-12-13-15)21-22(25)18-10-5-3-4-6-11-19(18)29-23(21)26/h2,7-9,14-15,20,24-25H,1,3-6,10-13H2. The minimum absolute atomic E-state index is 0.0668. The van der Waals surface area contributed by atoms with Crippen LogP contribution in [-0.4, -0.2) is 13.5 Å². The van der Waals surface area contributed by atoms with E-state index in [9.17, 15) is 18.3 Å². The Labute approximate surface area is 176 Å². The Morgan fingerprint density at radius 3 is 2.60 bits per heavy atom. The van der Waals surface area contributed by atoms with E-state index in [2.05, 4.69) is 11.3 Å². The Morgan fingerprint density at radius 2 is 1.90 bits per heavy atom. The van der Waals surface area contributed by atoms with E-state index in [1.54, 1.807) is 18.2 Å². The van der Waals surface area contributed by atoms with Crippen LogP contribution in [0.2, 0.25) is 0 Å². The van der Waals surface area contributed by atoms with Crippen LogP contribution in [0, 0.1) is 5.92 Å². The molecule has 1 atom stereocenters. The van der Waals surface area contributed by atoms with E-state index in [1.807, 2.05) is 6.07 Å². The maximum absolute atomic E-state index is 13.0. The molecule has 6 nitrogen and oxygen atoms in total. The molecule has 0 aliphatic heterocycles. The average molecular weight is 430 g/mol. The monoisotopic (exact) mass is 429 g/mol. The molecule has 2 aliphatic rings. The summed E-state index contributed by atoms with van der Waals surface area (Å²) in [6.45, 7) is 3.31. The Kier molecular flexibility index (Phi) is 5.73. The van der Waals surface area contributed by atoms with Gasteiger partial charge in [-0.2, -0.15) is 0 Å². The van der Waals surface area contributed by atoms with Crippen LogP contribution < -0.4 is 10.3 Å². The van der Waals surface area contributed by atoms with Crippen molar-refractivity contribution >= 4 is 15.7 Å². The molecule has 1 aromatic carbocycles. The summed E-state index contributed by atoms with van der Waals surface area (Å²) in [4.78, 5) is 13.0. The van der Waals surface area contributed by atoms with Crippen LogP contribution in [0.1, 0.15) is 66.9 Å². The van der Waals surface area contributed by atoms with Crippen molar-refractivity contribution in [3.05, 3.63) is 69.1 Å². The van der Waals surface area contributed by atoms with Gasteiger partial charge in [0, 0.05) is 29.0 Å². The minimum atomic E-state index is -3.64. The van der Waals surface area contributed by atoms with Crippen molar-refractivity contribution in [3.8, 4) is 5.75 Å². The first-order valence-electron chi connectivity index (χ1n) is 10.5. The van der Waals surface area contributed by atoms with E-state index in [1.165, 1.54) is 0 Å². The summed E-state index contributed by atoms with van der Waals surface area (Å²) in [5.41, 5.74) is 1.77. The molecule has 1 saturated carbocycles. The van der Waals surface area contributed by atoms with Crippen molar-refractivity contribution in [3.63, 3.8) is 0 Å². The summed E-state index contributed by atoms with van der Waals surface area (Å²) in [5.74, 6) is 0.571. The maximum Gasteiger partial charge on any atom is 0.343 e. The molecule has 1 aromatic heterocycles. The van der Waals surface area contributed by atoms with Crippen LogP contribution >= 0.6 is 0 Å². The van der Waals surface area contributed by atoms with E-state index in [0.717, 1.165) is 55.1 Å². The number of rotatable bonds is 6. The second-order valence-electron chi connectivity index (χ2n) is 8.22. The second kappa shape index (κ2) is 8.30. The fourth-order valence-corrected chi connectivity index (χ4v) is 4.94. The van der Waals surface area contributed by atoms with Crippen LogP contribution in [0.25, 0.3) is 0 Å². The fraction of sp³-hybridized carbons (Fsp3) is 0.435. The number of hydrogen-bond donors (Lipinski definition) is 2. The Balaban J connectivity index is 1.79. The predicted octanol–water partition coefficient (Wildman–Crippen LogP) is 4.43. The van der Waals surface area contributed by atoms with Crippen LogP contribution in [0.3, 0.4) is 0 Å². The van der Waals surface area contributed by atoms with E-state index in [4.69, 9.17) is 4.42 Å². The molecule has 1 fully saturated rings. The molecule has 1 unspecified atom stereocenters. The molecule has 7 heteroatoms. The molecule has 0 amide bonds. The molecule has 0 saturated heterocycles. The lowest BCUT2D eigenvalue weighted by Gasteiger charge is -2.22. The second-order valence-corrected chi connectivity index (χ2v) is 9.85. The number of fused-ring (bicyclic) bond motifs is 1. The van der Waals surface area contributed by atoms with Gasteiger partial charge in [0.15, 0.2) is 0 Å². The van der Waals surface area contributed by atoms with Crippen LogP contribution in [0.4, 0.5) is 5.69 Å². The summed E-state index contributed by atoms with van der Waals surface area (Å²) in [6, 6.07) is 6.99. The fourth-order valence-electron chi connectivity index (χ4n) is 4.40. The number of aryl methyl sites for hydroxylation is 1. The van der Waals surface area contributed by atoms with Gasteiger partial charge in [-0.15, -0.1) is 0 Å². The third-order valence-corrected chi connectivity index (χ3v) is 6.98. The first-order valence-corrected chi connectivity index (χ1v) is 12.1. The van der Waals surface area contributed by atoms with E-state index in [-0.39, 0.29) is 17.6 Å². The van der Waals surface area contributed by atoms with Crippen molar-refractivity contribution in [2.45, 2.75) is 57.3 Å². The highest BCUT2D eigenvalue weighted by Crippen LogP contribution is 2.49. The molecule has 160 valence electrons. The van der Waals surface area contributed by atoms with Gasteiger partial charge in [0.25, 0.3) is 10.0 Å². The summed E-state index contributed by atoms with van der Waals surface area (Å²) < 4.78 is 31.9. The first kappa shape index (κ1) is 20.7. The molecule has 4 rings (SSSR count). The molecule has 1 heterocycles. The highest BCUT2D eigenvalue weighted by atomic mass is 32.2. The van der Waals surface area contributed by atoms with Crippen LogP contribution in [0.5, 0.6) is 5.75 Å². The van der Waals surface area contributed by atoms with Crippen molar-refractivity contribution in [2.24, 2.45) is 5.92 Å². The summed E-state index contributed by atoms with van der Waals surface area (Å²) >= 11 is 0. The van der Waals surface area contributed by atoms with E-state index >= 15 is 0 Å². The lowest BCUT2D eigenvalue weighted by atomic mass is 9.85. The lowest BCUT2D eigenvalue weighted by molar-refractivity contribution is 0.382. The third-order valence-electron chi connectivity index (χ3n) is 6.02. The first-order chi connectivity index (χ1) is 14.4. The van der Waals surface area contributed by atoms with Gasteiger partial charge < -0.3 is 9.52 Å². The largest absolute Gasteiger partial charge is 0.507 e. The normalized spacial score (nSPS) is 18.0. The van der Waals surface area contributed by atoms with Gasteiger partial charge >= 0.3 is 5.63 Å². The Bertz CT molecular complexity index is 1110. The molecule has 2 N–H and O–H groups in total. The Hall–Kier alpha value is -2.54. The number of nitrogens with one attached hydrogen (secondary N) is 1.